The summed E-state index contributed by atoms with van der Waals surface area (Å²) in [5, 5.41) is 4.66. The van der Waals surface area contributed by atoms with E-state index in [1.165, 1.54) is 26.5 Å². The lowest BCUT2D eigenvalue weighted by atomic mass is 10.2. The Balaban J connectivity index is 1.69. The third kappa shape index (κ3) is 4.69. The monoisotopic (exact) mass is 412 g/mol. The number of amides is 1. The van der Waals surface area contributed by atoms with Crippen molar-refractivity contribution in [1.29, 1.82) is 0 Å². The Morgan fingerprint density at radius 3 is 2.60 bits per heavy atom. The summed E-state index contributed by atoms with van der Waals surface area (Å²) < 4.78 is 25.8. The van der Waals surface area contributed by atoms with Crippen molar-refractivity contribution in [2.75, 3.05) is 20.8 Å². The van der Waals surface area contributed by atoms with E-state index in [4.69, 9.17) is 23.4 Å². The minimum atomic E-state index is -0.827. The number of methoxy groups -OCH3 is 2. The maximum atomic E-state index is 12.3. The van der Waals surface area contributed by atoms with Gasteiger partial charge in [0.15, 0.2) is 28.6 Å². The molecule has 0 aliphatic rings. The normalized spacial score (nSPS) is 10.8. The van der Waals surface area contributed by atoms with Gasteiger partial charge in [-0.3, -0.25) is 4.79 Å². The number of rotatable bonds is 7. The van der Waals surface area contributed by atoms with E-state index in [0.717, 1.165) is 5.39 Å². The first-order valence-electron chi connectivity index (χ1n) is 8.98. The van der Waals surface area contributed by atoms with E-state index < -0.39 is 12.1 Å². The zero-order chi connectivity index (χ0) is 21.5. The predicted molar refractivity (Wildman–Crippen MR) is 108 cm³/mol. The summed E-state index contributed by atoms with van der Waals surface area (Å²) in [7, 11) is 2.96. The molecule has 0 fully saturated rings. The lowest BCUT2D eigenvalue weighted by molar-refractivity contribution is 0.0928. The Hall–Kier alpha value is -4.01. The molecule has 9 nitrogen and oxygen atoms in total. The highest BCUT2D eigenvalue weighted by Crippen LogP contribution is 2.29. The molecule has 1 amide bonds. The molecule has 3 rings (SSSR count). The van der Waals surface area contributed by atoms with E-state index >= 15 is 0 Å². The molecular formula is C21H20N2O7. The Morgan fingerprint density at radius 1 is 1.07 bits per heavy atom. The van der Waals surface area contributed by atoms with Crippen LogP contribution in [0.1, 0.15) is 23.0 Å². The third-order valence-electron chi connectivity index (χ3n) is 3.97. The van der Waals surface area contributed by atoms with Crippen LogP contribution in [0.5, 0.6) is 17.2 Å². The van der Waals surface area contributed by atoms with Crippen molar-refractivity contribution in [3.63, 3.8) is 0 Å². The zero-order valence-electron chi connectivity index (χ0n) is 16.6. The number of nitrogens with zero attached hydrogens (tertiary/aromatic N) is 1. The summed E-state index contributed by atoms with van der Waals surface area (Å²) in [5.74, 6) is 0.629. The van der Waals surface area contributed by atoms with Gasteiger partial charge < -0.3 is 23.4 Å². The molecule has 0 spiro atoms. The molecular weight excluding hydrogens is 392 g/mol. The summed E-state index contributed by atoms with van der Waals surface area (Å²) in [4.78, 5) is 23.8. The van der Waals surface area contributed by atoms with Crippen LogP contribution < -0.4 is 19.6 Å². The van der Waals surface area contributed by atoms with Crippen LogP contribution in [0.25, 0.3) is 11.0 Å². The molecule has 3 aromatic rings. The number of hydrogen-bond acceptors (Lipinski definition) is 8. The molecule has 1 heterocycles. The van der Waals surface area contributed by atoms with Gasteiger partial charge in [-0.15, -0.1) is 0 Å². The van der Waals surface area contributed by atoms with Gasteiger partial charge in [0, 0.05) is 5.39 Å². The minimum Gasteiger partial charge on any atom is -0.493 e. The number of furan rings is 1. The van der Waals surface area contributed by atoms with Gasteiger partial charge in [0.05, 0.1) is 27.0 Å². The number of nitrogens with one attached hydrogen (secondary N) is 1. The maximum absolute atomic E-state index is 12.3. The molecule has 1 N–H and O–H groups in total. The van der Waals surface area contributed by atoms with E-state index in [-0.39, 0.29) is 18.1 Å². The van der Waals surface area contributed by atoms with Gasteiger partial charge in [0.2, 0.25) is 0 Å². The largest absolute Gasteiger partial charge is 0.513 e. The average molecular weight is 412 g/mol. The summed E-state index contributed by atoms with van der Waals surface area (Å²) in [6.07, 6.45) is 0.588. The van der Waals surface area contributed by atoms with Gasteiger partial charge in [0.25, 0.3) is 0 Å². The van der Waals surface area contributed by atoms with Crippen molar-refractivity contribution in [3.05, 3.63) is 53.8 Å². The van der Waals surface area contributed by atoms with Crippen molar-refractivity contribution in [1.82, 2.24) is 5.43 Å². The fourth-order valence-corrected chi connectivity index (χ4v) is 2.62. The minimum absolute atomic E-state index is 0.0995. The fourth-order valence-electron chi connectivity index (χ4n) is 2.62. The van der Waals surface area contributed by atoms with Crippen molar-refractivity contribution in [2.45, 2.75) is 6.92 Å². The number of fused-ring (bicyclic) bond motifs is 1. The first-order valence-corrected chi connectivity index (χ1v) is 8.98. The van der Waals surface area contributed by atoms with Crippen LogP contribution in [0, 0.1) is 0 Å². The average Bonchev–Trinajstić information content (AvgIpc) is 3.19. The quantitative estimate of drug-likeness (QED) is 0.272. The molecule has 0 bridgehead atoms. The van der Waals surface area contributed by atoms with E-state index in [1.54, 1.807) is 37.3 Å². The molecule has 0 atom stereocenters. The van der Waals surface area contributed by atoms with Gasteiger partial charge >= 0.3 is 12.1 Å². The Morgan fingerprint density at radius 2 is 1.87 bits per heavy atom. The number of para-hydroxylation sites is 1. The smallest absolute Gasteiger partial charge is 0.493 e. The fraction of sp³-hybridized carbons (Fsp3) is 0.190. The molecule has 0 saturated carbocycles. The second-order valence-corrected chi connectivity index (χ2v) is 5.88. The highest BCUT2D eigenvalue weighted by molar-refractivity contribution is 5.97. The molecule has 1 aromatic heterocycles. The maximum Gasteiger partial charge on any atom is 0.513 e. The molecule has 0 radical (unpaired) electrons. The van der Waals surface area contributed by atoms with Crippen LogP contribution >= 0.6 is 0 Å². The van der Waals surface area contributed by atoms with E-state index in [2.05, 4.69) is 10.5 Å². The first-order chi connectivity index (χ1) is 14.5. The van der Waals surface area contributed by atoms with Gasteiger partial charge in [-0.05, 0) is 42.8 Å². The van der Waals surface area contributed by atoms with Crippen molar-refractivity contribution >= 4 is 29.2 Å². The van der Waals surface area contributed by atoms with Crippen LogP contribution in [0.3, 0.4) is 0 Å². The number of carbonyl (C=O) groups excluding carboxylic acids is 2. The summed E-state index contributed by atoms with van der Waals surface area (Å²) in [6.45, 7) is 1.87. The first kappa shape index (κ1) is 20.7. The molecule has 0 saturated heterocycles. The van der Waals surface area contributed by atoms with Gasteiger partial charge in [0.1, 0.15) is 0 Å². The molecule has 0 aliphatic carbocycles. The second-order valence-electron chi connectivity index (χ2n) is 5.88. The van der Waals surface area contributed by atoms with Crippen molar-refractivity contribution < 1.29 is 33.0 Å². The predicted octanol–water partition coefficient (Wildman–Crippen LogP) is 3.75. The highest BCUT2D eigenvalue weighted by Gasteiger charge is 2.14. The number of benzene rings is 2. The van der Waals surface area contributed by atoms with Crippen LogP contribution in [0.15, 0.2) is 52.0 Å². The molecule has 0 unspecified atom stereocenters. The highest BCUT2D eigenvalue weighted by atomic mass is 16.7. The van der Waals surface area contributed by atoms with Crippen LogP contribution in [-0.2, 0) is 4.74 Å². The van der Waals surface area contributed by atoms with E-state index in [0.29, 0.717) is 22.6 Å². The number of carbonyl (C=O) groups is 2. The Kier molecular flexibility index (Phi) is 6.53. The molecule has 2 aromatic carbocycles. The molecule has 156 valence electrons. The zero-order valence-corrected chi connectivity index (χ0v) is 16.6. The topological polar surface area (TPSA) is 109 Å². The van der Waals surface area contributed by atoms with Crippen LogP contribution in [0.2, 0.25) is 0 Å². The van der Waals surface area contributed by atoms with Gasteiger partial charge in [-0.1, -0.05) is 12.1 Å². The van der Waals surface area contributed by atoms with Crippen LogP contribution in [0.4, 0.5) is 4.79 Å². The molecule has 0 aliphatic heterocycles. The molecule has 30 heavy (non-hydrogen) atoms. The van der Waals surface area contributed by atoms with Crippen molar-refractivity contribution in [2.24, 2.45) is 5.10 Å². The SMILES string of the molecule is CCOC(=O)Oc1ccc(/C=N\NC(=O)c2cc3cccc(OC)c3o2)cc1OC. The lowest BCUT2D eigenvalue weighted by Crippen LogP contribution is -2.16. The Labute approximate surface area is 172 Å². The standard InChI is InChI=1S/C21H20N2O7/c1-4-28-21(25)30-15-9-8-13(10-17(15)27-3)12-22-23-20(24)18-11-14-6-5-7-16(26-2)19(14)29-18/h5-12H,4H2,1-3H3,(H,23,24)/b22-12-. The molecule has 9 heteroatoms. The number of ether oxygens (including phenoxy) is 4. The second kappa shape index (κ2) is 9.46. The summed E-state index contributed by atoms with van der Waals surface area (Å²) in [5.41, 5.74) is 3.49. The number of hydrogen-bond donors (Lipinski definition) is 1. The summed E-state index contributed by atoms with van der Waals surface area (Å²) in [6, 6.07) is 11.7. The lowest BCUT2D eigenvalue weighted by Gasteiger charge is -2.09. The third-order valence-corrected chi connectivity index (χ3v) is 3.97. The van der Waals surface area contributed by atoms with Gasteiger partial charge in [-0.25, -0.2) is 10.2 Å². The van der Waals surface area contributed by atoms with Crippen molar-refractivity contribution in [3.8, 4) is 17.2 Å². The summed E-state index contributed by atoms with van der Waals surface area (Å²) >= 11 is 0. The Bertz CT molecular complexity index is 1090. The van der Waals surface area contributed by atoms with Gasteiger partial charge in [-0.2, -0.15) is 5.10 Å². The number of hydrazone groups is 1. The van der Waals surface area contributed by atoms with E-state index in [9.17, 15) is 9.59 Å². The van der Waals surface area contributed by atoms with E-state index in [1.807, 2.05) is 6.07 Å². The van der Waals surface area contributed by atoms with Crippen LogP contribution in [-0.4, -0.2) is 39.1 Å².